The summed E-state index contributed by atoms with van der Waals surface area (Å²) in [6, 6.07) is 0.382. The number of rotatable bonds is 7. The average molecular weight is 345 g/mol. The van der Waals surface area contributed by atoms with Crippen LogP contribution in [0.4, 0.5) is 0 Å². The molecule has 0 aliphatic carbocycles. The van der Waals surface area contributed by atoms with Crippen LogP contribution in [-0.2, 0) is 3.07 Å². The van der Waals surface area contributed by atoms with Crippen molar-refractivity contribution in [2.75, 3.05) is 6.61 Å². The molecule has 1 atom stereocenters. The van der Waals surface area contributed by atoms with E-state index < -0.39 is 21.6 Å². The van der Waals surface area contributed by atoms with E-state index >= 15 is 0 Å². The summed E-state index contributed by atoms with van der Waals surface area (Å²) in [6.45, 7) is 5.06. The normalized spacial score (nSPS) is 12.2. The van der Waals surface area contributed by atoms with Crippen LogP contribution in [0.15, 0.2) is 0 Å². The van der Waals surface area contributed by atoms with E-state index in [0.29, 0.717) is 6.04 Å². The maximum absolute atomic E-state index is 5.62. The van der Waals surface area contributed by atoms with Crippen molar-refractivity contribution in [2.24, 2.45) is 5.73 Å². The van der Waals surface area contributed by atoms with Crippen LogP contribution >= 0.6 is 17.0 Å². The van der Waals surface area contributed by atoms with E-state index in [1.54, 1.807) is 0 Å². The van der Waals surface area contributed by atoms with E-state index in [1.165, 1.54) is 23.7 Å². The van der Waals surface area contributed by atoms with Crippen LogP contribution in [0.25, 0.3) is 0 Å². The van der Waals surface area contributed by atoms with Gasteiger partial charge in [-0.1, -0.05) is 0 Å². The van der Waals surface area contributed by atoms with Gasteiger partial charge in [-0.2, -0.15) is 0 Å². The Hall–Kier alpha value is 1.20. The first-order valence-corrected chi connectivity index (χ1v) is 7.56. The molecule has 12 heavy (non-hydrogen) atoms. The van der Waals surface area contributed by atoms with E-state index in [4.69, 9.17) is 8.81 Å². The van der Waals surface area contributed by atoms with Crippen molar-refractivity contribution in [3.8, 4) is 0 Å². The van der Waals surface area contributed by atoms with Crippen molar-refractivity contribution < 1.29 is 3.07 Å². The van der Waals surface area contributed by atoms with Crippen LogP contribution in [0.5, 0.6) is 0 Å². The molecule has 0 amide bonds. The second kappa shape index (κ2) is 12.2. The van der Waals surface area contributed by atoms with Gasteiger partial charge in [0.2, 0.25) is 0 Å². The molecule has 74 valence electrons. The van der Waals surface area contributed by atoms with E-state index in [2.05, 4.69) is 13.8 Å². The molecule has 0 aromatic carbocycles. The van der Waals surface area contributed by atoms with Crippen LogP contribution in [0.2, 0.25) is 4.44 Å². The van der Waals surface area contributed by atoms with Crippen LogP contribution in [0.3, 0.4) is 0 Å². The fraction of sp³-hybridized carbons (Fsp3) is 1.00. The predicted molar refractivity (Wildman–Crippen MR) is 60.0 cm³/mol. The first kappa shape index (κ1) is 15.7. The molecule has 1 unspecified atom stereocenters. The summed E-state index contributed by atoms with van der Waals surface area (Å²) in [7, 11) is 0. The van der Waals surface area contributed by atoms with Crippen LogP contribution in [0.1, 0.15) is 33.1 Å². The monoisotopic (exact) mass is 345 g/mol. The van der Waals surface area contributed by atoms with Gasteiger partial charge in [-0.15, -0.1) is 17.0 Å². The van der Waals surface area contributed by atoms with Gasteiger partial charge in [0.1, 0.15) is 0 Å². The van der Waals surface area contributed by atoms with Gasteiger partial charge in [-0.25, -0.2) is 0 Å². The van der Waals surface area contributed by atoms with Crippen molar-refractivity contribution in [1.82, 2.24) is 0 Å². The fourth-order valence-electron chi connectivity index (χ4n) is 0.838. The van der Waals surface area contributed by atoms with Gasteiger partial charge in [0.15, 0.2) is 0 Å². The Bertz CT molecular complexity index is 83.5. The molecule has 0 aliphatic heterocycles. The number of halogens is 1. The Kier molecular flexibility index (Phi) is 15.9. The summed E-state index contributed by atoms with van der Waals surface area (Å²) in [4.78, 5) is 0. The maximum atomic E-state index is 5.62. The Morgan fingerprint density at radius 2 is 2.08 bits per heavy atom. The van der Waals surface area contributed by atoms with Crippen molar-refractivity contribution in [3.63, 3.8) is 0 Å². The van der Waals surface area contributed by atoms with Gasteiger partial charge >= 0.3 is 80.6 Å². The number of nitrogens with two attached hydrogens (primary N) is 1. The molecular weight excluding hydrogens is 325 g/mol. The Balaban J connectivity index is 0. The third kappa shape index (κ3) is 13.8. The Morgan fingerprint density at radius 1 is 1.42 bits per heavy atom. The first-order valence-electron chi connectivity index (χ1n) is 4.37. The quantitative estimate of drug-likeness (QED) is 0.567. The van der Waals surface area contributed by atoms with E-state index in [9.17, 15) is 0 Å². The number of unbranched alkanes of at least 4 members (excludes halogenated alkanes) is 1. The minimum absolute atomic E-state index is 0. The summed E-state index contributed by atoms with van der Waals surface area (Å²) in [5.74, 6) is 0. The fourth-order valence-corrected chi connectivity index (χ4v) is 2.96. The first-order chi connectivity index (χ1) is 5.27. The van der Waals surface area contributed by atoms with Gasteiger partial charge in [0.05, 0.1) is 0 Å². The number of hydrogen-bond acceptors (Lipinski definition) is 2. The minimum atomic E-state index is -0.418. The van der Waals surface area contributed by atoms with Crippen LogP contribution in [-0.4, -0.2) is 34.2 Å². The number of hydrogen-bond donors (Lipinski definition) is 1. The summed E-state index contributed by atoms with van der Waals surface area (Å²) >= 11 is -0.418. The van der Waals surface area contributed by atoms with Gasteiger partial charge in [0, 0.05) is 0 Å². The molecule has 0 rings (SSSR count). The second-order valence-corrected chi connectivity index (χ2v) is 5.88. The van der Waals surface area contributed by atoms with Crippen LogP contribution in [0, 0.1) is 0 Å². The van der Waals surface area contributed by atoms with E-state index in [0.717, 1.165) is 6.61 Å². The van der Waals surface area contributed by atoms with Crippen molar-refractivity contribution in [1.29, 1.82) is 0 Å². The molecule has 0 heterocycles. The second-order valence-electron chi connectivity index (χ2n) is 2.80. The summed E-state index contributed by atoms with van der Waals surface area (Å²) in [5, 5.41) is 0. The Labute approximate surface area is 97.2 Å². The van der Waals surface area contributed by atoms with Crippen molar-refractivity contribution in [2.45, 2.75) is 43.6 Å². The topological polar surface area (TPSA) is 35.2 Å². The summed E-state index contributed by atoms with van der Waals surface area (Å²) in [5.41, 5.74) is 5.62. The molecule has 0 aromatic rings. The summed E-state index contributed by atoms with van der Waals surface area (Å²) < 4.78 is 6.73. The third-order valence-electron chi connectivity index (χ3n) is 1.43. The molecule has 0 saturated heterocycles. The molecule has 2 N–H and O–H groups in total. The molecule has 4 heteroatoms. The van der Waals surface area contributed by atoms with Gasteiger partial charge in [0.25, 0.3) is 0 Å². The van der Waals surface area contributed by atoms with Gasteiger partial charge < -0.3 is 0 Å². The average Bonchev–Trinajstić information content (AvgIpc) is 1.96. The predicted octanol–water partition coefficient (Wildman–Crippen LogP) is 2.16. The van der Waals surface area contributed by atoms with Crippen LogP contribution < -0.4 is 5.73 Å². The zero-order chi connectivity index (χ0) is 8.53. The van der Waals surface area contributed by atoms with E-state index in [-0.39, 0.29) is 17.0 Å². The zero-order valence-electron chi connectivity index (χ0n) is 8.01. The molecule has 2 radical (unpaired) electrons. The summed E-state index contributed by atoms with van der Waals surface area (Å²) in [6.07, 6.45) is 3.78. The molecule has 0 aliphatic rings. The third-order valence-corrected chi connectivity index (χ3v) is 4.43. The van der Waals surface area contributed by atoms with E-state index in [1.807, 2.05) is 0 Å². The SMILES string of the molecule is Br.CC[O][Sn][CH2]CCCC(C)N. The molecular formula is C8H20BrNOSn. The molecule has 0 spiro atoms. The molecule has 0 saturated carbocycles. The Morgan fingerprint density at radius 3 is 2.58 bits per heavy atom. The van der Waals surface area contributed by atoms with Gasteiger partial charge in [-0.3, -0.25) is 0 Å². The standard InChI is InChI=1S/C6H14N.C2H5O.BrH.Sn/c1-3-4-5-6(2)7;1-2-3;;/h6H,1,3-5,7H2,2H3;2H2,1H3;1H;/q;-1;;+1. The van der Waals surface area contributed by atoms with Crippen molar-refractivity contribution >= 4 is 38.5 Å². The van der Waals surface area contributed by atoms with Gasteiger partial charge in [-0.05, 0) is 0 Å². The molecule has 0 aromatic heterocycles. The molecule has 0 bridgehead atoms. The molecule has 0 fully saturated rings. The zero-order valence-corrected chi connectivity index (χ0v) is 12.6. The molecule has 2 nitrogen and oxygen atoms in total. The van der Waals surface area contributed by atoms with Crippen molar-refractivity contribution in [3.05, 3.63) is 0 Å².